The van der Waals surface area contributed by atoms with Crippen LogP contribution in [0.4, 0.5) is 16.2 Å². The number of amides is 3. The zero-order valence-corrected chi connectivity index (χ0v) is 20.1. The van der Waals surface area contributed by atoms with Crippen molar-refractivity contribution in [3.05, 3.63) is 48.5 Å². The van der Waals surface area contributed by atoms with Gasteiger partial charge in [-0.1, -0.05) is 43.4 Å². The number of methoxy groups -OCH3 is 1. The number of hydrogen-bond donors (Lipinski definition) is 3. The third-order valence-electron chi connectivity index (χ3n) is 4.80. The standard InChI is InChI=1S/C23H28N4O6S/c1-4-6-12-20(28)25-18-14-13-17(34(31,32)16-10-8-7-9-11-16)15-19(18)26-22(24)27(21(29)5-2)23(30)33-3/h7-11,13-15H,4-6,12H2,1-3H3,(H2,24,26)(H,25,28)/p+1. The molecule has 2 aromatic rings. The number of rotatable bonds is 8. The van der Waals surface area contributed by atoms with E-state index < -0.39 is 27.8 Å². The number of hydrogen-bond acceptors (Lipinski definition) is 6. The van der Waals surface area contributed by atoms with Crippen LogP contribution >= 0.6 is 0 Å². The van der Waals surface area contributed by atoms with Crippen LogP contribution in [-0.4, -0.2) is 44.3 Å². The highest BCUT2D eigenvalue weighted by atomic mass is 32.2. The molecule has 10 nitrogen and oxygen atoms in total. The second kappa shape index (κ2) is 11.9. The van der Waals surface area contributed by atoms with Crippen LogP contribution in [0.2, 0.25) is 0 Å². The minimum absolute atomic E-state index is 0.0412. The van der Waals surface area contributed by atoms with Crippen LogP contribution in [0.15, 0.2) is 58.3 Å². The number of sulfone groups is 1. The highest BCUT2D eigenvalue weighted by molar-refractivity contribution is 7.91. The van der Waals surface area contributed by atoms with E-state index in [1.165, 1.54) is 37.3 Å². The summed E-state index contributed by atoms with van der Waals surface area (Å²) in [6, 6.07) is 11.9. The molecule has 4 N–H and O–H groups in total. The predicted octanol–water partition coefficient (Wildman–Crippen LogP) is 1.68. The molecule has 2 aromatic carbocycles. The molecule has 0 aliphatic carbocycles. The van der Waals surface area contributed by atoms with Crippen molar-refractivity contribution in [3.63, 3.8) is 0 Å². The topological polar surface area (TPSA) is 150 Å². The van der Waals surface area contributed by atoms with Gasteiger partial charge in [-0.05, 0) is 36.8 Å². The number of carbonyl (C=O) groups is 3. The van der Waals surface area contributed by atoms with Crippen molar-refractivity contribution >= 4 is 45.1 Å². The fourth-order valence-corrected chi connectivity index (χ4v) is 4.27. The summed E-state index contributed by atoms with van der Waals surface area (Å²) in [6.45, 7) is 3.49. The Morgan fingerprint density at radius 2 is 1.74 bits per heavy atom. The van der Waals surface area contributed by atoms with E-state index in [0.717, 1.165) is 13.5 Å². The third kappa shape index (κ3) is 6.41. The molecule has 0 aliphatic rings. The number of nitrogens with zero attached hydrogens (tertiary/aromatic N) is 1. The highest BCUT2D eigenvalue weighted by Crippen LogP contribution is 2.26. The molecular weight excluding hydrogens is 460 g/mol. The van der Waals surface area contributed by atoms with Gasteiger partial charge in [0, 0.05) is 12.8 Å². The number of nitrogens with one attached hydrogen (secondary N) is 2. The minimum Gasteiger partial charge on any atom is -0.440 e. The molecule has 3 amide bonds. The average Bonchev–Trinajstić information content (AvgIpc) is 2.83. The average molecular weight is 490 g/mol. The Morgan fingerprint density at radius 1 is 1.06 bits per heavy atom. The van der Waals surface area contributed by atoms with Crippen molar-refractivity contribution in [2.45, 2.75) is 49.3 Å². The molecule has 0 heterocycles. The van der Waals surface area contributed by atoms with Gasteiger partial charge in [0.2, 0.25) is 15.7 Å². The maximum Gasteiger partial charge on any atom is 0.485 e. The normalized spacial score (nSPS) is 11.6. The summed E-state index contributed by atoms with van der Waals surface area (Å²) in [5.41, 5.74) is 6.31. The molecule has 0 bridgehead atoms. The molecule has 0 aliphatic heterocycles. The fourth-order valence-electron chi connectivity index (χ4n) is 2.97. The van der Waals surface area contributed by atoms with E-state index in [-0.39, 0.29) is 39.9 Å². The van der Waals surface area contributed by atoms with Gasteiger partial charge in [0.05, 0.1) is 22.6 Å². The van der Waals surface area contributed by atoms with Gasteiger partial charge < -0.3 is 10.1 Å². The molecular formula is C23H29N4O6S+. The van der Waals surface area contributed by atoms with Crippen molar-refractivity contribution in [3.8, 4) is 0 Å². The van der Waals surface area contributed by atoms with Gasteiger partial charge in [-0.25, -0.2) is 18.2 Å². The Labute approximate surface area is 198 Å². The Bertz CT molecular complexity index is 1160. The molecule has 11 heteroatoms. The van der Waals surface area contributed by atoms with E-state index in [4.69, 9.17) is 5.73 Å². The van der Waals surface area contributed by atoms with Crippen LogP contribution in [-0.2, 0) is 24.2 Å². The van der Waals surface area contributed by atoms with E-state index in [1.54, 1.807) is 18.2 Å². The van der Waals surface area contributed by atoms with Crippen LogP contribution in [0, 0.1) is 0 Å². The molecule has 0 saturated carbocycles. The van der Waals surface area contributed by atoms with Crippen molar-refractivity contribution in [2.75, 3.05) is 12.4 Å². The molecule has 2 rings (SSSR count). The lowest BCUT2D eigenvalue weighted by atomic mass is 10.2. The molecule has 0 saturated heterocycles. The summed E-state index contributed by atoms with van der Waals surface area (Å²) in [5, 5.41) is 2.71. The minimum atomic E-state index is -3.89. The maximum atomic E-state index is 13.1. The lowest BCUT2D eigenvalue weighted by molar-refractivity contribution is -0.360. The van der Waals surface area contributed by atoms with E-state index >= 15 is 0 Å². The number of unbranched alkanes of at least 4 members (excludes halogenated alkanes) is 1. The van der Waals surface area contributed by atoms with Crippen LogP contribution in [0.25, 0.3) is 0 Å². The molecule has 34 heavy (non-hydrogen) atoms. The number of guanidine groups is 1. The summed E-state index contributed by atoms with van der Waals surface area (Å²) in [7, 11) is -2.80. The van der Waals surface area contributed by atoms with Crippen molar-refractivity contribution in [1.29, 1.82) is 0 Å². The lowest BCUT2D eigenvalue weighted by Crippen LogP contribution is -2.75. The number of imide groups is 1. The van der Waals surface area contributed by atoms with Gasteiger partial charge in [0.15, 0.2) is 0 Å². The van der Waals surface area contributed by atoms with Crippen molar-refractivity contribution in [2.24, 2.45) is 5.73 Å². The number of benzene rings is 2. The smallest absolute Gasteiger partial charge is 0.440 e. The summed E-state index contributed by atoms with van der Waals surface area (Å²) in [4.78, 5) is 40.0. The molecule has 0 aromatic heterocycles. The molecule has 0 fully saturated rings. The highest BCUT2D eigenvalue weighted by Gasteiger charge is 2.32. The van der Waals surface area contributed by atoms with Crippen LogP contribution < -0.4 is 16.0 Å². The first-order valence-corrected chi connectivity index (χ1v) is 12.2. The quantitative estimate of drug-likeness (QED) is 0.377. The van der Waals surface area contributed by atoms with Gasteiger partial charge >= 0.3 is 12.1 Å². The Morgan fingerprint density at radius 3 is 2.32 bits per heavy atom. The van der Waals surface area contributed by atoms with E-state index in [9.17, 15) is 22.8 Å². The van der Waals surface area contributed by atoms with E-state index in [2.05, 4.69) is 15.0 Å². The van der Waals surface area contributed by atoms with Crippen LogP contribution in [0.5, 0.6) is 0 Å². The SMILES string of the molecule is CCCCC(=O)Nc1ccc(S(=O)(=O)c2ccccc2)cc1[NH+]=C(N)N(C(=O)CC)C(=O)OC. The Hall–Kier alpha value is -3.73. The summed E-state index contributed by atoms with van der Waals surface area (Å²) < 4.78 is 30.8. The predicted molar refractivity (Wildman–Crippen MR) is 126 cm³/mol. The third-order valence-corrected chi connectivity index (χ3v) is 6.57. The molecule has 182 valence electrons. The summed E-state index contributed by atoms with van der Waals surface area (Å²) >= 11 is 0. The monoisotopic (exact) mass is 489 g/mol. The Kier molecular flexibility index (Phi) is 9.31. The lowest BCUT2D eigenvalue weighted by Gasteiger charge is -2.13. The van der Waals surface area contributed by atoms with E-state index in [1.807, 2.05) is 6.92 Å². The van der Waals surface area contributed by atoms with Crippen molar-refractivity contribution < 1.29 is 32.5 Å². The van der Waals surface area contributed by atoms with Gasteiger partial charge in [0.1, 0.15) is 5.69 Å². The molecule has 0 spiro atoms. The first kappa shape index (κ1) is 26.5. The van der Waals surface area contributed by atoms with Gasteiger partial charge in [-0.3, -0.25) is 15.3 Å². The first-order chi connectivity index (χ1) is 16.1. The zero-order chi connectivity index (χ0) is 25.3. The van der Waals surface area contributed by atoms with Gasteiger partial charge in [-0.15, -0.1) is 0 Å². The fraction of sp³-hybridized carbons (Fsp3) is 0.304. The van der Waals surface area contributed by atoms with Gasteiger partial charge in [-0.2, -0.15) is 0 Å². The number of anilines is 1. The summed E-state index contributed by atoms with van der Waals surface area (Å²) in [5.74, 6) is -1.33. The summed E-state index contributed by atoms with van der Waals surface area (Å²) in [6.07, 6.45) is 0.700. The van der Waals surface area contributed by atoms with Gasteiger partial charge in [0.25, 0.3) is 5.91 Å². The van der Waals surface area contributed by atoms with Crippen LogP contribution in [0.1, 0.15) is 39.5 Å². The second-order valence-corrected chi connectivity index (χ2v) is 9.19. The molecule has 0 radical (unpaired) electrons. The number of nitrogens with two attached hydrogens (primary N) is 1. The molecule has 0 atom stereocenters. The largest absolute Gasteiger partial charge is 0.485 e. The van der Waals surface area contributed by atoms with Crippen molar-refractivity contribution in [1.82, 2.24) is 4.90 Å². The second-order valence-electron chi connectivity index (χ2n) is 7.24. The molecule has 0 unspecified atom stereocenters. The zero-order valence-electron chi connectivity index (χ0n) is 19.3. The maximum absolute atomic E-state index is 13.1. The first-order valence-electron chi connectivity index (χ1n) is 10.7. The van der Waals surface area contributed by atoms with E-state index in [0.29, 0.717) is 11.3 Å². The number of carbonyl (C=O) groups excluding carboxylic acids is 3. The van der Waals surface area contributed by atoms with Crippen LogP contribution in [0.3, 0.4) is 0 Å². The number of ether oxygens (including phenoxy) is 1. The Balaban J connectivity index is 2.61.